The summed E-state index contributed by atoms with van der Waals surface area (Å²) in [6.07, 6.45) is 6.46. The van der Waals surface area contributed by atoms with Crippen molar-refractivity contribution in [3.63, 3.8) is 0 Å². The van der Waals surface area contributed by atoms with Gasteiger partial charge in [-0.1, -0.05) is 183 Å². The third-order valence-electron chi connectivity index (χ3n) is 13.5. The Morgan fingerprint density at radius 1 is 0.371 bits per heavy atom. The molecule has 0 bridgehead atoms. The molecule has 0 saturated heterocycles. The maximum absolute atomic E-state index is 6.37. The lowest BCUT2D eigenvalue weighted by Gasteiger charge is -2.29. The second-order valence-corrected chi connectivity index (χ2v) is 17.0. The van der Waals surface area contributed by atoms with Crippen LogP contribution in [0.3, 0.4) is 0 Å². The quantitative estimate of drug-likeness (QED) is 0.149. The largest absolute Gasteiger partial charge is 0.456 e. The smallest absolute Gasteiger partial charge is 0.136 e. The number of anilines is 3. The number of para-hydroxylation sites is 2. The molecule has 2 nitrogen and oxygen atoms in total. The van der Waals surface area contributed by atoms with E-state index in [1.807, 2.05) is 6.07 Å². The Morgan fingerprint density at radius 2 is 1.03 bits per heavy atom. The van der Waals surface area contributed by atoms with Crippen LogP contribution in [0.1, 0.15) is 43.6 Å². The minimum Gasteiger partial charge on any atom is -0.456 e. The predicted octanol–water partition coefficient (Wildman–Crippen LogP) is 17.6. The van der Waals surface area contributed by atoms with Crippen LogP contribution in [0.15, 0.2) is 211 Å². The monoisotopic (exact) mass is 795 g/mol. The van der Waals surface area contributed by atoms with Crippen molar-refractivity contribution < 1.29 is 4.42 Å². The molecule has 11 aromatic rings. The highest BCUT2D eigenvalue weighted by atomic mass is 16.3. The van der Waals surface area contributed by atoms with Crippen molar-refractivity contribution in [2.45, 2.75) is 38.0 Å². The Labute approximate surface area is 362 Å². The van der Waals surface area contributed by atoms with Crippen molar-refractivity contribution in [2.24, 2.45) is 0 Å². The van der Waals surface area contributed by atoms with Gasteiger partial charge in [-0.2, -0.15) is 0 Å². The normalized spacial score (nSPS) is 13.4. The van der Waals surface area contributed by atoms with E-state index in [2.05, 4.69) is 205 Å². The molecule has 0 radical (unpaired) electrons. The van der Waals surface area contributed by atoms with Gasteiger partial charge in [0.05, 0.1) is 5.69 Å². The first-order valence-corrected chi connectivity index (χ1v) is 22.2. The van der Waals surface area contributed by atoms with Gasteiger partial charge < -0.3 is 9.32 Å². The van der Waals surface area contributed by atoms with Crippen molar-refractivity contribution in [1.29, 1.82) is 0 Å². The zero-order valence-electron chi connectivity index (χ0n) is 34.6. The lowest BCUT2D eigenvalue weighted by molar-refractivity contribution is 0.445. The molecule has 0 aliphatic heterocycles. The maximum atomic E-state index is 6.37. The summed E-state index contributed by atoms with van der Waals surface area (Å²) in [7, 11) is 0. The van der Waals surface area contributed by atoms with E-state index in [-0.39, 0.29) is 0 Å². The van der Waals surface area contributed by atoms with E-state index in [4.69, 9.17) is 4.42 Å². The third-order valence-corrected chi connectivity index (χ3v) is 13.5. The Bertz CT molecular complexity index is 3450. The van der Waals surface area contributed by atoms with Crippen LogP contribution < -0.4 is 4.90 Å². The van der Waals surface area contributed by atoms with Crippen LogP contribution in [0.5, 0.6) is 0 Å². The van der Waals surface area contributed by atoms with Crippen LogP contribution in [-0.4, -0.2) is 0 Å². The summed E-state index contributed by atoms with van der Waals surface area (Å²) in [5.74, 6) is 0.579. The fourth-order valence-corrected chi connectivity index (χ4v) is 10.6. The Hall–Kier alpha value is -7.42. The van der Waals surface area contributed by atoms with Crippen molar-refractivity contribution in [3.05, 3.63) is 212 Å². The minimum atomic E-state index is 0.579. The Kier molecular flexibility index (Phi) is 8.96. The van der Waals surface area contributed by atoms with Crippen molar-refractivity contribution in [1.82, 2.24) is 0 Å². The van der Waals surface area contributed by atoms with Gasteiger partial charge in [0.15, 0.2) is 0 Å². The van der Waals surface area contributed by atoms with Crippen LogP contribution in [0.2, 0.25) is 0 Å². The fraction of sp³-hybridized carbons (Fsp3) is 0.100. The zero-order valence-corrected chi connectivity index (χ0v) is 34.6. The molecule has 1 aromatic heterocycles. The molecule has 0 N–H and O–H groups in total. The number of fused-ring (bicyclic) bond motifs is 7. The molecule has 1 heterocycles. The number of furan rings is 1. The van der Waals surface area contributed by atoms with Gasteiger partial charge in [0.1, 0.15) is 11.2 Å². The van der Waals surface area contributed by atoms with E-state index < -0.39 is 0 Å². The highest BCUT2D eigenvalue weighted by molar-refractivity contribution is 6.14. The first-order chi connectivity index (χ1) is 30.8. The predicted molar refractivity (Wildman–Crippen MR) is 263 cm³/mol. The molecule has 1 aliphatic rings. The molecule has 296 valence electrons. The summed E-state index contributed by atoms with van der Waals surface area (Å²) >= 11 is 0. The molecule has 12 rings (SSSR count). The van der Waals surface area contributed by atoms with Gasteiger partial charge in [0.2, 0.25) is 0 Å². The van der Waals surface area contributed by atoms with Crippen molar-refractivity contribution in [3.8, 4) is 33.4 Å². The molecule has 62 heavy (non-hydrogen) atoms. The van der Waals surface area contributed by atoms with E-state index in [1.54, 1.807) is 0 Å². The molecule has 0 spiro atoms. The average Bonchev–Trinajstić information content (AvgIpc) is 3.73. The van der Waals surface area contributed by atoms with E-state index in [0.717, 1.165) is 50.1 Å². The summed E-state index contributed by atoms with van der Waals surface area (Å²) in [6.45, 7) is 0. The third kappa shape index (κ3) is 6.17. The highest BCUT2D eigenvalue weighted by Crippen LogP contribution is 2.47. The van der Waals surface area contributed by atoms with Gasteiger partial charge in [-0.05, 0) is 127 Å². The van der Waals surface area contributed by atoms with E-state index in [1.165, 1.54) is 92.2 Å². The van der Waals surface area contributed by atoms with Crippen LogP contribution in [-0.2, 0) is 0 Å². The molecule has 10 aromatic carbocycles. The van der Waals surface area contributed by atoms with Gasteiger partial charge in [-0.15, -0.1) is 0 Å². The molecule has 1 aliphatic carbocycles. The van der Waals surface area contributed by atoms with Crippen LogP contribution in [0.25, 0.3) is 87.6 Å². The highest BCUT2D eigenvalue weighted by Gasteiger charge is 2.23. The molecular weight excluding hydrogens is 751 g/mol. The first-order valence-electron chi connectivity index (χ1n) is 22.2. The zero-order chi connectivity index (χ0) is 41.0. The van der Waals surface area contributed by atoms with E-state index in [9.17, 15) is 0 Å². The van der Waals surface area contributed by atoms with E-state index in [0.29, 0.717) is 5.92 Å². The average molecular weight is 796 g/mol. The lowest BCUT2D eigenvalue weighted by Crippen LogP contribution is -2.11. The molecular formula is C60H45NO. The van der Waals surface area contributed by atoms with E-state index >= 15 is 0 Å². The fourth-order valence-electron chi connectivity index (χ4n) is 10.6. The lowest BCUT2D eigenvalue weighted by atomic mass is 9.80. The van der Waals surface area contributed by atoms with Gasteiger partial charge in [0, 0.05) is 27.7 Å². The molecule has 0 amide bonds. The molecule has 1 saturated carbocycles. The van der Waals surface area contributed by atoms with Crippen molar-refractivity contribution >= 4 is 71.3 Å². The second-order valence-electron chi connectivity index (χ2n) is 17.0. The Morgan fingerprint density at radius 3 is 1.94 bits per heavy atom. The number of rotatable bonds is 7. The van der Waals surface area contributed by atoms with Crippen molar-refractivity contribution in [2.75, 3.05) is 4.90 Å². The topological polar surface area (TPSA) is 16.4 Å². The first kappa shape index (κ1) is 36.4. The number of hydrogen-bond acceptors (Lipinski definition) is 2. The van der Waals surface area contributed by atoms with Gasteiger partial charge >= 0.3 is 0 Å². The summed E-state index contributed by atoms with van der Waals surface area (Å²) < 4.78 is 6.37. The summed E-state index contributed by atoms with van der Waals surface area (Å²) in [4.78, 5) is 2.47. The molecule has 0 unspecified atom stereocenters. The van der Waals surface area contributed by atoms with Gasteiger partial charge in [-0.3, -0.25) is 0 Å². The van der Waals surface area contributed by atoms with Gasteiger partial charge in [-0.25, -0.2) is 0 Å². The molecule has 0 atom stereocenters. The van der Waals surface area contributed by atoms with Gasteiger partial charge in [0.25, 0.3) is 0 Å². The summed E-state index contributed by atoms with van der Waals surface area (Å²) in [5.41, 5.74) is 13.9. The van der Waals surface area contributed by atoms with Crippen LogP contribution in [0.4, 0.5) is 17.1 Å². The number of hydrogen-bond donors (Lipinski definition) is 0. The molecule has 1 fully saturated rings. The Balaban J connectivity index is 1.05. The second kappa shape index (κ2) is 15.2. The minimum absolute atomic E-state index is 0.579. The molecule has 2 heteroatoms. The maximum Gasteiger partial charge on any atom is 0.136 e. The van der Waals surface area contributed by atoms with Crippen LogP contribution >= 0.6 is 0 Å². The standard InChI is InChI=1S/C60H45NO/c1-2-15-40(16-3-1)49-26-11-18-43-19-12-29-54(59(43)49)53-23-6-8-30-56(53)61(46-21-10-20-44(39-46)50-27-14-32-58-60(50)55-24-7-9-31-57(55)62-58)45-36-33-42(34-37-45)48-25-13-28-51-47-22-5-4-17-41(47)35-38-52(48)51/h4-14,17-40H,1-3,15-16H2. The SMILES string of the molecule is c1cc(-c2cccc3oc4ccccc4c23)cc(N(c2ccc(-c3cccc4c3ccc3ccccc34)cc2)c2ccccc2-c2cccc3cccc(C4CCCCC4)c23)c1. The summed E-state index contributed by atoms with van der Waals surface area (Å²) in [5, 5.41) is 10.1. The number of nitrogens with zero attached hydrogens (tertiary/aromatic N) is 1. The number of benzene rings is 10. The van der Waals surface area contributed by atoms with Crippen LogP contribution in [0, 0.1) is 0 Å². The summed E-state index contributed by atoms with van der Waals surface area (Å²) in [6, 6.07) is 75.8.